The Hall–Kier alpha value is -1.53. The molecule has 0 radical (unpaired) electrons. The fraction of sp³-hybridized carbons (Fsp3) is 0.385. The van der Waals surface area contributed by atoms with Crippen LogP contribution in [0.15, 0.2) is 29.4 Å². The number of aromatic nitrogens is 2. The summed E-state index contributed by atoms with van der Waals surface area (Å²) < 4.78 is 1.90. The second-order valence-corrected chi connectivity index (χ2v) is 4.56. The molecule has 2 rings (SSSR count). The Morgan fingerprint density at radius 3 is 2.94 bits per heavy atom. The molecular weight excluding hydrogens is 234 g/mol. The topological polar surface area (TPSA) is 30.2 Å². The smallest absolute Gasteiger partial charge is 0.154 e. The molecule has 0 bridgehead atoms. The molecule has 0 aliphatic carbocycles. The summed E-state index contributed by atoms with van der Waals surface area (Å²) in [4.78, 5) is 4.34. The molecular formula is C13H14ClN3. The standard InChI is InChI=1S/C13H14ClN3/c1-10(2)17-9-7-13(16-17)12-6-5-11(14)4-3-8-15-12/h3-4,7-12H,1-2H3/b4-3-,15-8-. The highest BCUT2D eigenvalue weighted by atomic mass is 35.5. The summed E-state index contributed by atoms with van der Waals surface area (Å²) in [5.74, 6) is 5.97. The Balaban J connectivity index is 2.26. The van der Waals surface area contributed by atoms with Crippen molar-refractivity contribution in [2.45, 2.75) is 31.3 Å². The average Bonchev–Trinajstić information content (AvgIpc) is 2.73. The average molecular weight is 248 g/mol. The van der Waals surface area contributed by atoms with Crippen LogP contribution < -0.4 is 0 Å². The minimum absolute atomic E-state index is 0.221. The predicted molar refractivity (Wildman–Crippen MR) is 70.4 cm³/mol. The number of allylic oxidation sites excluding steroid dienone is 2. The zero-order chi connectivity index (χ0) is 12.3. The van der Waals surface area contributed by atoms with Crippen LogP contribution in [0.1, 0.15) is 31.6 Å². The highest BCUT2D eigenvalue weighted by Crippen LogP contribution is 2.16. The number of hydrogen-bond donors (Lipinski definition) is 0. The first-order chi connectivity index (χ1) is 8.16. The van der Waals surface area contributed by atoms with E-state index in [-0.39, 0.29) is 11.4 Å². The third-order valence-electron chi connectivity index (χ3n) is 2.40. The largest absolute Gasteiger partial charge is 0.270 e. The van der Waals surface area contributed by atoms with Crippen molar-refractivity contribution in [2.24, 2.45) is 4.99 Å². The fourth-order valence-corrected chi connectivity index (χ4v) is 1.61. The van der Waals surface area contributed by atoms with Gasteiger partial charge >= 0.3 is 0 Å². The van der Waals surface area contributed by atoms with E-state index in [2.05, 4.69) is 35.8 Å². The van der Waals surface area contributed by atoms with Crippen molar-refractivity contribution in [1.82, 2.24) is 9.78 Å². The molecule has 4 heteroatoms. The van der Waals surface area contributed by atoms with Gasteiger partial charge in [-0.1, -0.05) is 17.9 Å². The molecule has 2 atom stereocenters. The van der Waals surface area contributed by atoms with E-state index in [1.807, 2.05) is 23.0 Å². The molecule has 1 aliphatic rings. The van der Waals surface area contributed by atoms with E-state index < -0.39 is 0 Å². The quantitative estimate of drug-likeness (QED) is 0.584. The molecule has 0 N–H and O–H groups in total. The van der Waals surface area contributed by atoms with E-state index in [1.165, 1.54) is 0 Å². The SMILES string of the molecule is CC(C)n1ccc(C2C#CC(Cl)/C=C\C=N/2)n1. The molecule has 17 heavy (non-hydrogen) atoms. The lowest BCUT2D eigenvalue weighted by atomic mass is 10.2. The zero-order valence-corrected chi connectivity index (χ0v) is 10.6. The Bertz CT molecular complexity index is 502. The van der Waals surface area contributed by atoms with Crippen molar-refractivity contribution in [3.8, 4) is 11.8 Å². The number of halogens is 1. The van der Waals surface area contributed by atoms with Crippen LogP contribution >= 0.6 is 11.6 Å². The Labute approximate surface area is 106 Å². The van der Waals surface area contributed by atoms with E-state index in [0.29, 0.717) is 6.04 Å². The molecule has 1 aromatic rings. The summed E-state index contributed by atoms with van der Waals surface area (Å²) in [6.07, 6.45) is 7.30. The van der Waals surface area contributed by atoms with Gasteiger partial charge in [0.2, 0.25) is 0 Å². The van der Waals surface area contributed by atoms with Crippen molar-refractivity contribution in [3.63, 3.8) is 0 Å². The van der Waals surface area contributed by atoms with Gasteiger partial charge in [0.05, 0.1) is 5.69 Å². The first kappa shape index (κ1) is 11.9. The molecule has 0 aromatic carbocycles. The van der Waals surface area contributed by atoms with Crippen LogP contribution in [0.4, 0.5) is 0 Å². The summed E-state index contributed by atoms with van der Waals surface area (Å²) in [6, 6.07) is 2.07. The molecule has 88 valence electrons. The van der Waals surface area contributed by atoms with E-state index >= 15 is 0 Å². The summed E-state index contributed by atoms with van der Waals surface area (Å²) in [7, 11) is 0. The summed E-state index contributed by atoms with van der Waals surface area (Å²) >= 11 is 5.95. The van der Waals surface area contributed by atoms with Crippen LogP contribution in [0.2, 0.25) is 0 Å². The van der Waals surface area contributed by atoms with E-state index in [0.717, 1.165) is 5.69 Å². The lowest BCUT2D eigenvalue weighted by molar-refractivity contribution is 0.525. The van der Waals surface area contributed by atoms with Crippen LogP contribution in [0.25, 0.3) is 0 Å². The highest BCUT2D eigenvalue weighted by molar-refractivity contribution is 6.23. The van der Waals surface area contributed by atoms with Gasteiger partial charge < -0.3 is 0 Å². The van der Waals surface area contributed by atoms with Crippen molar-refractivity contribution < 1.29 is 0 Å². The number of rotatable bonds is 2. The van der Waals surface area contributed by atoms with Crippen molar-refractivity contribution in [3.05, 3.63) is 30.1 Å². The minimum atomic E-state index is -0.253. The van der Waals surface area contributed by atoms with Gasteiger partial charge in [-0.05, 0) is 26.0 Å². The first-order valence-corrected chi connectivity index (χ1v) is 6.00. The van der Waals surface area contributed by atoms with E-state index in [4.69, 9.17) is 11.6 Å². The van der Waals surface area contributed by atoms with E-state index in [9.17, 15) is 0 Å². The number of aliphatic imine (C=N–C) groups is 1. The Morgan fingerprint density at radius 1 is 1.41 bits per heavy atom. The number of alkyl halides is 1. The predicted octanol–water partition coefficient (Wildman–Crippen LogP) is 2.76. The van der Waals surface area contributed by atoms with Gasteiger partial charge in [-0.3, -0.25) is 9.67 Å². The normalized spacial score (nSPS) is 26.8. The molecule has 3 nitrogen and oxygen atoms in total. The van der Waals surface area contributed by atoms with Crippen LogP contribution in [0, 0.1) is 11.8 Å². The first-order valence-electron chi connectivity index (χ1n) is 5.57. The molecule has 2 heterocycles. The number of hydrogen-bond acceptors (Lipinski definition) is 2. The van der Waals surface area contributed by atoms with Gasteiger partial charge in [0, 0.05) is 18.5 Å². The molecule has 0 fully saturated rings. The zero-order valence-electron chi connectivity index (χ0n) is 9.84. The third-order valence-corrected chi connectivity index (χ3v) is 2.65. The highest BCUT2D eigenvalue weighted by Gasteiger charge is 2.11. The number of nitrogens with zero attached hydrogens (tertiary/aromatic N) is 3. The second kappa shape index (κ2) is 5.20. The van der Waals surface area contributed by atoms with Crippen molar-refractivity contribution in [2.75, 3.05) is 0 Å². The van der Waals surface area contributed by atoms with Crippen molar-refractivity contribution in [1.29, 1.82) is 0 Å². The summed E-state index contributed by atoms with van der Waals surface area (Å²) in [5, 5.41) is 4.21. The minimum Gasteiger partial charge on any atom is -0.270 e. The molecule has 0 amide bonds. The Kier molecular flexibility index (Phi) is 3.65. The molecule has 1 aliphatic heterocycles. The maximum Gasteiger partial charge on any atom is 0.154 e. The van der Waals surface area contributed by atoms with E-state index in [1.54, 1.807) is 12.3 Å². The molecule has 0 spiro atoms. The maximum absolute atomic E-state index is 5.95. The maximum atomic E-state index is 5.95. The van der Waals surface area contributed by atoms with Crippen LogP contribution in [-0.2, 0) is 0 Å². The molecule has 0 saturated carbocycles. The van der Waals surface area contributed by atoms with Gasteiger partial charge in [-0.15, -0.1) is 11.6 Å². The second-order valence-electron chi connectivity index (χ2n) is 4.09. The van der Waals surface area contributed by atoms with Gasteiger partial charge in [-0.2, -0.15) is 5.10 Å². The van der Waals surface area contributed by atoms with Crippen LogP contribution in [0.3, 0.4) is 0 Å². The van der Waals surface area contributed by atoms with Gasteiger partial charge in [0.15, 0.2) is 6.04 Å². The van der Waals surface area contributed by atoms with Gasteiger partial charge in [0.25, 0.3) is 0 Å². The van der Waals surface area contributed by atoms with Crippen molar-refractivity contribution >= 4 is 17.8 Å². The lowest BCUT2D eigenvalue weighted by Gasteiger charge is -2.06. The summed E-state index contributed by atoms with van der Waals surface area (Å²) in [5.41, 5.74) is 0.863. The molecule has 0 saturated heterocycles. The molecule has 2 unspecified atom stereocenters. The molecule has 1 aromatic heterocycles. The lowest BCUT2D eigenvalue weighted by Crippen LogP contribution is -2.04. The van der Waals surface area contributed by atoms with Crippen LogP contribution in [0.5, 0.6) is 0 Å². The van der Waals surface area contributed by atoms with Gasteiger partial charge in [-0.25, -0.2) is 0 Å². The fourth-order valence-electron chi connectivity index (χ4n) is 1.46. The van der Waals surface area contributed by atoms with Gasteiger partial charge in [0.1, 0.15) is 5.38 Å². The monoisotopic (exact) mass is 247 g/mol. The third kappa shape index (κ3) is 2.98. The summed E-state index contributed by atoms with van der Waals surface area (Å²) in [6.45, 7) is 4.17. The Morgan fingerprint density at radius 2 is 2.24 bits per heavy atom. The van der Waals surface area contributed by atoms with Crippen LogP contribution in [-0.4, -0.2) is 21.4 Å².